The number of imide groups is 1. The van der Waals surface area contributed by atoms with Crippen molar-refractivity contribution >= 4 is 17.6 Å². The van der Waals surface area contributed by atoms with E-state index in [2.05, 4.69) is 5.32 Å². The molecule has 1 aromatic carbocycles. The van der Waals surface area contributed by atoms with Gasteiger partial charge in [-0.05, 0) is 30.7 Å². The van der Waals surface area contributed by atoms with E-state index in [0.29, 0.717) is 11.3 Å². The Balaban J connectivity index is 1.82. The molecule has 9 nitrogen and oxygen atoms in total. The number of nitro groups is 1. The van der Waals surface area contributed by atoms with Gasteiger partial charge in [-0.1, -0.05) is 6.07 Å². The van der Waals surface area contributed by atoms with Gasteiger partial charge in [0.1, 0.15) is 5.76 Å². The lowest BCUT2D eigenvalue weighted by Gasteiger charge is -2.08. The van der Waals surface area contributed by atoms with Crippen LogP contribution < -0.4 is 15.4 Å². The minimum absolute atomic E-state index is 0.0447. The van der Waals surface area contributed by atoms with Crippen molar-refractivity contribution in [2.24, 2.45) is 0 Å². The van der Waals surface area contributed by atoms with Crippen molar-refractivity contribution in [2.45, 2.75) is 13.5 Å². The summed E-state index contributed by atoms with van der Waals surface area (Å²) < 4.78 is 10.1. The van der Waals surface area contributed by atoms with Gasteiger partial charge in [-0.25, -0.2) is 4.79 Å². The number of amides is 3. The normalized spacial score (nSPS) is 10.0. The van der Waals surface area contributed by atoms with Gasteiger partial charge in [0, 0.05) is 6.07 Å². The average Bonchev–Trinajstić information content (AvgIpc) is 3.05. The minimum atomic E-state index is -0.734. The smallest absolute Gasteiger partial charge is 0.321 e. The summed E-state index contributed by atoms with van der Waals surface area (Å²) >= 11 is 0. The van der Waals surface area contributed by atoms with Crippen LogP contribution in [0.15, 0.2) is 41.0 Å². The molecule has 2 rings (SSSR count). The van der Waals surface area contributed by atoms with Crippen LogP contribution in [-0.2, 0) is 11.3 Å². The van der Waals surface area contributed by atoms with Crippen LogP contribution in [0.4, 0.5) is 10.5 Å². The van der Waals surface area contributed by atoms with Crippen molar-refractivity contribution in [3.63, 3.8) is 0 Å². The van der Waals surface area contributed by atoms with E-state index in [9.17, 15) is 19.7 Å². The largest absolute Gasteiger partial charge is 0.477 e. The molecule has 1 heterocycles. The van der Waals surface area contributed by atoms with E-state index < -0.39 is 23.5 Å². The van der Waals surface area contributed by atoms with Crippen LogP contribution in [0.5, 0.6) is 5.75 Å². The summed E-state index contributed by atoms with van der Waals surface area (Å²) in [7, 11) is 0. The van der Waals surface area contributed by atoms with Crippen molar-refractivity contribution in [1.29, 1.82) is 0 Å². The lowest BCUT2D eigenvalue weighted by atomic mass is 10.2. The van der Waals surface area contributed by atoms with Crippen LogP contribution >= 0.6 is 0 Å². The number of rotatable bonds is 6. The molecule has 0 spiro atoms. The van der Waals surface area contributed by atoms with Gasteiger partial charge >= 0.3 is 11.7 Å². The van der Waals surface area contributed by atoms with E-state index >= 15 is 0 Å². The van der Waals surface area contributed by atoms with Gasteiger partial charge in [0.15, 0.2) is 12.4 Å². The molecule has 0 aliphatic carbocycles. The molecule has 126 valence electrons. The fraction of sp³-hybridized carbons (Fsp3) is 0.200. The van der Waals surface area contributed by atoms with Gasteiger partial charge in [-0.15, -0.1) is 0 Å². The zero-order chi connectivity index (χ0) is 17.5. The second-order valence-corrected chi connectivity index (χ2v) is 4.83. The second kappa shape index (κ2) is 7.77. The highest BCUT2D eigenvalue weighted by atomic mass is 16.6. The first-order valence-electron chi connectivity index (χ1n) is 6.93. The molecule has 24 heavy (non-hydrogen) atoms. The number of nitrogens with zero attached hydrogens (tertiary/aromatic N) is 1. The summed E-state index contributed by atoms with van der Waals surface area (Å²) in [5, 5.41) is 15.4. The van der Waals surface area contributed by atoms with E-state index in [0.717, 1.165) is 0 Å². The summed E-state index contributed by atoms with van der Waals surface area (Å²) in [5.41, 5.74) is 0.445. The van der Waals surface area contributed by atoms with Crippen LogP contribution in [-0.4, -0.2) is 23.5 Å². The lowest BCUT2D eigenvalue weighted by Crippen LogP contribution is -2.41. The van der Waals surface area contributed by atoms with Crippen molar-refractivity contribution in [2.75, 3.05) is 6.61 Å². The van der Waals surface area contributed by atoms with E-state index in [1.807, 2.05) is 5.32 Å². The number of nitro benzene ring substituents is 1. The predicted molar refractivity (Wildman–Crippen MR) is 82.4 cm³/mol. The molecule has 0 atom stereocenters. The monoisotopic (exact) mass is 333 g/mol. The molecule has 0 bridgehead atoms. The molecule has 1 aromatic heterocycles. The summed E-state index contributed by atoms with van der Waals surface area (Å²) in [4.78, 5) is 33.5. The Morgan fingerprint density at radius 1 is 1.33 bits per heavy atom. The second-order valence-electron chi connectivity index (χ2n) is 4.83. The number of carbonyl (C=O) groups is 2. The third kappa shape index (κ3) is 4.83. The molecule has 0 fully saturated rings. The molecule has 2 aromatic rings. The van der Waals surface area contributed by atoms with Crippen LogP contribution in [0.3, 0.4) is 0 Å². The third-order valence-electron chi connectivity index (χ3n) is 2.93. The average molecular weight is 333 g/mol. The lowest BCUT2D eigenvalue weighted by molar-refractivity contribution is -0.385. The first kappa shape index (κ1) is 17.0. The van der Waals surface area contributed by atoms with Crippen molar-refractivity contribution in [3.8, 4) is 5.75 Å². The maximum absolute atomic E-state index is 11.6. The van der Waals surface area contributed by atoms with Gasteiger partial charge in [0.25, 0.3) is 5.91 Å². The number of nitrogens with one attached hydrogen (secondary N) is 2. The predicted octanol–water partition coefficient (Wildman–Crippen LogP) is 1.90. The van der Waals surface area contributed by atoms with Gasteiger partial charge < -0.3 is 14.5 Å². The molecule has 3 amide bonds. The van der Waals surface area contributed by atoms with E-state index in [1.165, 1.54) is 18.4 Å². The SMILES string of the molecule is Cc1ccc(OCC(=O)NC(=O)NCc2ccco2)c([N+](=O)[O-])c1. The zero-order valence-corrected chi connectivity index (χ0v) is 12.8. The van der Waals surface area contributed by atoms with Gasteiger partial charge in [-0.2, -0.15) is 0 Å². The maximum Gasteiger partial charge on any atom is 0.321 e. The number of carbonyl (C=O) groups excluding carboxylic acids is 2. The zero-order valence-electron chi connectivity index (χ0n) is 12.8. The first-order chi connectivity index (χ1) is 11.5. The number of benzene rings is 1. The Hall–Kier alpha value is -3.36. The fourth-order valence-corrected chi connectivity index (χ4v) is 1.82. The number of hydrogen-bond donors (Lipinski definition) is 2. The Labute approximate surface area is 136 Å². The number of ether oxygens (including phenoxy) is 1. The summed E-state index contributed by atoms with van der Waals surface area (Å²) in [6.07, 6.45) is 1.46. The Bertz CT molecular complexity index is 742. The van der Waals surface area contributed by atoms with Crippen LogP contribution in [0.2, 0.25) is 0 Å². The molecular formula is C15H15N3O6. The quantitative estimate of drug-likeness (QED) is 0.614. The number of aryl methyl sites for hydroxylation is 1. The molecular weight excluding hydrogens is 318 g/mol. The Morgan fingerprint density at radius 2 is 2.12 bits per heavy atom. The number of urea groups is 1. The van der Waals surface area contributed by atoms with Gasteiger partial charge in [-0.3, -0.25) is 20.2 Å². The van der Waals surface area contributed by atoms with Gasteiger partial charge in [0.2, 0.25) is 0 Å². The molecule has 0 aliphatic rings. The Kier molecular flexibility index (Phi) is 5.50. The standard InChI is InChI=1S/C15H15N3O6/c1-10-4-5-13(12(7-10)18(21)22)24-9-14(19)17-15(20)16-8-11-3-2-6-23-11/h2-7H,8-9H2,1H3,(H2,16,17,19,20). The number of furan rings is 1. The fourth-order valence-electron chi connectivity index (χ4n) is 1.82. The van der Waals surface area contributed by atoms with Crippen molar-refractivity contribution in [3.05, 3.63) is 58.0 Å². The number of hydrogen-bond acceptors (Lipinski definition) is 6. The van der Waals surface area contributed by atoms with Crippen LogP contribution in [0, 0.1) is 17.0 Å². The van der Waals surface area contributed by atoms with Crippen molar-refractivity contribution in [1.82, 2.24) is 10.6 Å². The minimum Gasteiger partial charge on any atom is -0.477 e. The molecule has 0 saturated heterocycles. The van der Waals surface area contributed by atoms with Crippen molar-refractivity contribution < 1.29 is 23.7 Å². The molecule has 0 unspecified atom stereocenters. The first-order valence-corrected chi connectivity index (χ1v) is 6.93. The van der Waals surface area contributed by atoms with Crippen LogP contribution in [0.1, 0.15) is 11.3 Å². The van der Waals surface area contributed by atoms with Gasteiger partial charge in [0.05, 0.1) is 17.7 Å². The highest BCUT2D eigenvalue weighted by molar-refractivity contribution is 5.95. The summed E-state index contributed by atoms with van der Waals surface area (Å²) in [6, 6.07) is 6.97. The third-order valence-corrected chi connectivity index (χ3v) is 2.93. The topological polar surface area (TPSA) is 124 Å². The molecule has 0 radical (unpaired) electrons. The summed E-state index contributed by atoms with van der Waals surface area (Å²) in [6.45, 7) is 1.29. The molecule has 0 saturated carbocycles. The van der Waals surface area contributed by atoms with E-state index in [1.54, 1.807) is 25.1 Å². The molecule has 0 aliphatic heterocycles. The molecule has 2 N–H and O–H groups in total. The maximum atomic E-state index is 11.6. The summed E-state index contributed by atoms with van der Waals surface area (Å²) in [5.74, 6) is -0.248. The van der Waals surface area contributed by atoms with E-state index in [4.69, 9.17) is 9.15 Å². The highest BCUT2D eigenvalue weighted by Crippen LogP contribution is 2.27. The van der Waals surface area contributed by atoms with Crippen LogP contribution in [0.25, 0.3) is 0 Å². The molecule has 9 heteroatoms. The highest BCUT2D eigenvalue weighted by Gasteiger charge is 2.17. The van der Waals surface area contributed by atoms with E-state index in [-0.39, 0.29) is 18.0 Å². The Morgan fingerprint density at radius 3 is 2.79 bits per heavy atom.